The highest BCUT2D eigenvalue weighted by molar-refractivity contribution is 5.60. The lowest BCUT2D eigenvalue weighted by atomic mass is 10.0. The number of likely N-dealkylation sites (N-methyl/N-ethyl adjacent to an activating group) is 1. The molecule has 0 aliphatic carbocycles. The lowest BCUT2D eigenvalue weighted by Crippen LogP contribution is -2.32. The summed E-state index contributed by atoms with van der Waals surface area (Å²) in [5.41, 5.74) is 1.86. The molecule has 1 saturated heterocycles. The van der Waals surface area contributed by atoms with Crippen molar-refractivity contribution in [2.75, 3.05) is 32.3 Å². The third-order valence-corrected chi connectivity index (χ3v) is 3.51. The molecule has 1 aromatic carbocycles. The van der Waals surface area contributed by atoms with Crippen LogP contribution in [0.15, 0.2) is 18.2 Å². The van der Waals surface area contributed by atoms with E-state index in [2.05, 4.69) is 4.90 Å². The van der Waals surface area contributed by atoms with E-state index in [9.17, 15) is 5.11 Å². The van der Waals surface area contributed by atoms with Crippen LogP contribution in [-0.4, -0.2) is 38.5 Å². The van der Waals surface area contributed by atoms with E-state index in [-0.39, 0.29) is 0 Å². The largest absolute Gasteiger partial charge is 0.496 e. The molecular weight excluding hydrogens is 230 g/mol. The summed E-state index contributed by atoms with van der Waals surface area (Å²) >= 11 is 0. The summed E-state index contributed by atoms with van der Waals surface area (Å²) in [6.45, 7) is 3.32. The number of nitrogens with zero attached hydrogens (tertiary/aromatic N) is 1. The van der Waals surface area contributed by atoms with Crippen molar-refractivity contribution < 1.29 is 14.6 Å². The molecule has 1 aliphatic heterocycles. The molecule has 0 radical (unpaired) electrons. The third-order valence-electron chi connectivity index (χ3n) is 3.51. The van der Waals surface area contributed by atoms with Gasteiger partial charge in [0.15, 0.2) is 0 Å². The number of aliphatic hydroxyl groups is 1. The van der Waals surface area contributed by atoms with Crippen molar-refractivity contribution in [1.29, 1.82) is 0 Å². The minimum absolute atomic E-state index is 0.370. The summed E-state index contributed by atoms with van der Waals surface area (Å²) in [6, 6.07) is 6.22. The topological polar surface area (TPSA) is 41.9 Å². The lowest BCUT2D eigenvalue weighted by molar-refractivity contribution is 0.191. The average Bonchev–Trinajstić information content (AvgIpc) is 2.90. The maximum absolute atomic E-state index is 9.97. The van der Waals surface area contributed by atoms with Gasteiger partial charge in [-0.25, -0.2) is 0 Å². The van der Waals surface area contributed by atoms with Crippen LogP contribution in [0, 0.1) is 0 Å². The first kappa shape index (κ1) is 13.2. The van der Waals surface area contributed by atoms with Crippen LogP contribution in [0.5, 0.6) is 5.75 Å². The van der Waals surface area contributed by atoms with E-state index in [4.69, 9.17) is 9.47 Å². The molecule has 0 aromatic heterocycles. The van der Waals surface area contributed by atoms with E-state index < -0.39 is 6.10 Å². The molecule has 1 aliphatic rings. The van der Waals surface area contributed by atoms with Gasteiger partial charge in [0.05, 0.1) is 25.9 Å². The van der Waals surface area contributed by atoms with E-state index in [1.165, 1.54) is 0 Å². The number of methoxy groups -OCH3 is 1. The first-order chi connectivity index (χ1) is 8.65. The monoisotopic (exact) mass is 251 g/mol. The number of rotatable bonds is 4. The lowest BCUT2D eigenvalue weighted by Gasteiger charge is -2.29. The molecule has 0 amide bonds. The Morgan fingerprint density at radius 1 is 1.50 bits per heavy atom. The smallest absolute Gasteiger partial charge is 0.126 e. The summed E-state index contributed by atoms with van der Waals surface area (Å²) in [6.07, 6.45) is 0.466. The van der Waals surface area contributed by atoms with Crippen LogP contribution in [0.3, 0.4) is 0 Å². The molecule has 1 heterocycles. The van der Waals surface area contributed by atoms with Gasteiger partial charge in [-0.2, -0.15) is 0 Å². The number of ether oxygens (including phenoxy) is 2. The van der Waals surface area contributed by atoms with Crippen molar-refractivity contribution in [2.24, 2.45) is 0 Å². The Kier molecular flexibility index (Phi) is 4.09. The Balaban J connectivity index is 2.36. The van der Waals surface area contributed by atoms with Gasteiger partial charge >= 0.3 is 0 Å². The van der Waals surface area contributed by atoms with Crippen LogP contribution in [0.2, 0.25) is 0 Å². The quantitative estimate of drug-likeness (QED) is 0.888. The molecular formula is C14H21NO3. The van der Waals surface area contributed by atoms with E-state index in [0.717, 1.165) is 36.6 Å². The summed E-state index contributed by atoms with van der Waals surface area (Å²) in [5, 5.41) is 9.97. The van der Waals surface area contributed by atoms with Gasteiger partial charge in [0.25, 0.3) is 0 Å². The molecule has 100 valence electrons. The molecule has 0 saturated carbocycles. The minimum atomic E-state index is -0.555. The summed E-state index contributed by atoms with van der Waals surface area (Å²) < 4.78 is 10.8. The maximum atomic E-state index is 9.97. The molecule has 2 rings (SSSR count). The minimum Gasteiger partial charge on any atom is -0.496 e. The summed E-state index contributed by atoms with van der Waals surface area (Å²) in [7, 11) is 3.67. The molecule has 4 nitrogen and oxygen atoms in total. The second kappa shape index (κ2) is 5.59. The number of aliphatic hydroxyl groups excluding tert-OH is 1. The van der Waals surface area contributed by atoms with Gasteiger partial charge in [-0.3, -0.25) is 0 Å². The van der Waals surface area contributed by atoms with Gasteiger partial charge in [0.2, 0.25) is 0 Å². The van der Waals surface area contributed by atoms with Gasteiger partial charge in [-0.05, 0) is 25.5 Å². The van der Waals surface area contributed by atoms with E-state index in [1.54, 1.807) is 14.0 Å². The number of benzene rings is 1. The van der Waals surface area contributed by atoms with Crippen LogP contribution in [0.25, 0.3) is 0 Å². The van der Waals surface area contributed by atoms with Crippen molar-refractivity contribution in [1.82, 2.24) is 0 Å². The van der Waals surface area contributed by atoms with Crippen molar-refractivity contribution in [3.63, 3.8) is 0 Å². The highest BCUT2D eigenvalue weighted by Gasteiger charge is 2.24. The molecule has 1 fully saturated rings. The number of hydrogen-bond acceptors (Lipinski definition) is 4. The molecule has 18 heavy (non-hydrogen) atoms. The van der Waals surface area contributed by atoms with Gasteiger partial charge < -0.3 is 19.5 Å². The highest BCUT2D eigenvalue weighted by Crippen LogP contribution is 2.35. The standard InChI is InChI=1S/C14H21NO3/c1-10(16)14-12(5-4-6-13(14)17-3)15(2)11-7-8-18-9-11/h4-6,10-11,16H,7-9H2,1-3H3/t10-,11?/m0/s1. The first-order valence-electron chi connectivity index (χ1n) is 6.30. The molecule has 1 aromatic rings. The zero-order valence-corrected chi connectivity index (χ0v) is 11.2. The van der Waals surface area contributed by atoms with E-state index >= 15 is 0 Å². The molecule has 1 N–H and O–H groups in total. The number of anilines is 1. The Morgan fingerprint density at radius 2 is 2.28 bits per heavy atom. The zero-order valence-electron chi connectivity index (χ0n) is 11.2. The van der Waals surface area contributed by atoms with E-state index in [1.807, 2.05) is 25.2 Å². The maximum Gasteiger partial charge on any atom is 0.126 e. The molecule has 2 atom stereocenters. The van der Waals surface area contributed by atoms with Crippen LogP contribution < -0.4 is 9.64 Å². The van der Waals surface area contributed by atoms with Crippen LogP contribution in [0.4, 0.5) is 5.69 Å². The Labute approximate surface area is 108 Å². The highest BCUT2D eigenvalue weighted by atomic mass is 16.5. The van der Waals surface area contributed by atoms with Crippen LogP contribution in [0.1, 0.15) is 25.0 Å². The Hall–Kier alpha value is -1.26. The molecule has 1 unspecified atom stereocenters. The van der Waals surface area contributed by atoms with Crippen molar-refractivity contribution in [2.45, 2.75) is 25.5 Å². The fourth-order valence-corrected chi connectivity index (χ4v) is 2.46. The predicted molar refractivity (Wildman–Crippen MR) is 71.3 cm³/mol. The van der Waals surface area contributed by atoms with Gasteiger partial charge in [-0.15, -0.1) is 0 Å². The Morgan fingerprint density at radius 3 is 2.83 bits per heavy atom. The molecule has 0 spiro atoms. The summed E-state index contributed by atoms with van der Waals surface area (Å²) in [5.74, 6) is 0.730. The van der Waals surface area contributed by atoms with Crippen LogP contribution in [-0.2, 0) is 4.74 Å². The van der Waals surface area contributed by atoms with Crippen molar-refractivity contribution >= 4 is 5.69 Å². The SMILES string of the molecule is COc1cccc(N(C)C2CCOC2)c1[C@H](C)O. The second-order valence-corrected chi connectivity index (χ2v) is 4.70. The van der Waals surface area contributed by atoms with Crippen molar-refractivity contribution in [3.8, 4) is 5.75 Å². The second-order valence-electron chi connectivity index (χ2n) is 4.70. The third kappa shape index (κ3) is 2.44. The number of hydrogen-bond donors (Lipinski definition) is 1. The molecule has 4 heteroatoms. The first-order valence-corrected chi connectivity index (χ1v) is 6.30. The Bertz CT molecular complexity index is 400. The predicted octanol–water partition coefficient (Wildman–Crippen LogP) is 1.97. The van der Waals surface area contributed by atoms with Gasteiger partial charge in [0.1, 0.15) is 5.75 Å². The zero-order chi connectivity index (χ0) is 13.1. The van der Waals surface area contributed by atoms with Crippen LogP contribution >= 0.6 is 0 Å². The fraction of sp³-hybridized carbons (Fsp3) is 0.571. The van der Waals surface area contributed by atoms with Crippen molar-refractivity contribution in [3.05, 3.63) is 23.8 Å². The van der Waals surface area contributed by atoms with E-state index in [0.29, 0.717) is 6.04 Å². The van der Waals surface area contributed by atoms with Gasteiger partial charge in [0, 0.05) is 24.9 Å². The fourth-order valence-electron chi connectivity index (χ4n) is 2.46. The normalized spacial score (nSPS) is 20.8. The summed E-state index contributed by atoms with van der Waals surface area (Å²) in [4.78, 5) is 2.18. The average molecular weight is 251 g/mol. The molecule has 0 bridgehead atoms. The van der Waals surface area contributed by atoms with Gasteiger partial charge in [-0.1, -0.05) is 6.07 Å².